The zero-order chi connectivity index (χ0) is 18.5. The van der Waals surface area contributed by atoms with Gasteiger partial charge in [0.15, 0.2) is 11.5 Å². The molecule has 0 spiro atoms. The molecule has 0 bridgehead atoms. The largest absolute Gasteiger partial charge is 0.504 e. The van der Waals surface area contributed by atoms with Crippen LogP contribution in [0, 0.1) is 5.41 Å². The number of primary amides is 1. The van der Waals surface area contributed by atoms with Gasteiger partial charge in [0.25, 0.3) is 0 Å². The van der Waals surface area contributed by atoms with Gasteiger partial charge < -0.3 is 21.4 Å². The van der Waals surface area contributed by atoms with E-state index in [1.807, 2.05) is 0 Å². The van der Waals surface area contributed by atoms with Crippen LogP contribution in [-0.4, -0.2) is 21.8 Å². The number of carbonyl (C=O) groups is 1. The van der Waals surface area contributed by atoms with E-state index in [1.165, 1.54) is 6.07 Å². The van der Waals surface area contributed by atoms with Crippen LogP contribution in [0.4, 0.5) is 13.2 Å². The standard InChI is InChI=1S/C8H6F3NO.C8H9NO2/c9-8(10,11)6-3-1-5(2-4-6)7(12)13;1-5(9)6-3-2-4-7(10)8(6)11/h1-4H,(H2,12,13);2-4,9-11H,1H3. The predicted molar refractivity (Wildman–Crippen MR) is 82.2 cm³/mol. The number of benzene rings is 2. The molecule has 0 radical (unpaired) electrons. The summed E-state index contributed by atoms with van der Waals surface area (Å²) >= 11 is 0. The van der Waals surface area contributed by atoms with Crippen LogP contribution in [0.1, 0.15) is 28.4 Å². The maximum absolute atomic E-state index is 12.0. The van der Waals surface area contributed by atoms with E-state index in [0.717, 1.165) is 24.3 Å². The van der Waals surface area contributed by atoms with Crippen LogP contribution < -0.4 is 5.73 Å². The molecule has 0 fully saturated rings. The minimum Gasteiger partial charge on any atom is -0.504 e. The number of phenols is 2. The van der Waals surface area contributed by atoms with E-state index in [4.69, 9.17) is 16.2 Å². The summed E-state index contributed by atoms with van der Waals surface area (Å²) in [5.41, 5.74) is 4.72. The van der Waals surface area contributed by atoms with Crippen molar-refractivity contribution < 1.29 is 28.2 Å². The van der Waals surface area contributed by atoms with Crippen molar-refractivity contribution in [3.8, 4) is 11.5 Å². The number of para-hydroxylation sites is 1. The fourth-order valence-corrected chi connectivity index (χ4v) is 1.66. The Kier molecular flexibility index (Phi) is 5.94. The Morgan fingerprint density at radius 2 is 1.62 bits per heavy atom. The van der Waals surface area contributed by atoms with Crippen LogP contribution >= 0.6 is 0 Å². The Hall–Kier alpha value is -3.03. The summed E-state index contributed by atoms with van der Waals surface area (Å²) in [6.45, 7) is 1.55. The van der Waals surface area contributed by atoms with Gasteiger partial charge in [-0.05, 0) is 43.3 Å². The molecule has 0 heterocycles. The van der Waals surface area contributed by atoms with E-state index in [-0.39, 0.29) is 22.8 Å². The molecule has 0 unspecified atom stereocenters. The van der Waals surface area contributed by atoms with Crippen LogP contribution in [0.15, 0.2) is 42.5 Å². The molecule has 2 aromatic carbocycles. The molecule has 0 aliphatic rings. The highest BCUT2D eigenvalue weighted by molar-refractivity contribution is 5.99. The van der Waals surface area contributed by atoms with Gasteiger partial charge in [-0.2, -0.15) is 13.2 Å². The van der Waals surface area contributed by atoms with Crippen LogP contribution in [0.25, 0.3) is 0 Å². The van der Waals surface area contributed by atoms with Crippen molar-refractivity contribution in [2.45, 2.75) is 13.1 Å². The van der Waals surface area contributed by atoms with Crippen molar-refractivity contribution in [1.82, 2.24) is 0 Å². The van der Waals surface area contributed by atoms with Gasteiger partial charge in [-0.3, -0.25) is 4.79 Å². The fraction of sp³-hybridized carbons (Fsp3) is 0.125. The van der Waals surface area contributed by atoms with Gasteiger partial charge in [-0.1, -0.05) is 6.07 Å². The number of phenolic OH excluding ortho intramolecular Hbond substituents is 2. The summed E-state index contributed by atoms with van der Waals surface area (Å²) in [7, 11) is 0. The van der Waals surface area contributed by atoms with Crippen LogP contribution in [0.5, 0.6) is 11.5 Å². The van der Waals surface area contributed by atoms with Crippen LogP contribution in [-0.2, 0) is 6.18 Å². The van der Waals surface area contributed by atoms with Gasteiger partial charge in [0.1, 0.15) is 0 Å². The summed E-state index contributed by atoms with van der Waals surface area (Å²) in [5.74, 6) is -1.15. The number of alkyl halides is 3. The first-order valence-electron chi connectivity index (χ1n) is 6.57. The Bertz CT molecular complexity index is 741. The monoisotopic (exact) mass is 340 g/mol. The summed E-state index contributed by atoms with van der Waals surface area (Å²) in [6, 6.07) is 8.28. The van der Waals surface area contributed by atoms with Crippen molar-refractivity contribution >= 4 is 11.6 Å². The van der Waals surface area contributed by atoms with E-state index >= 15 is 0 Å². The number of nitrogens with two attached hydrogens (primary N) is 1. The van der Waals surface area contributed by atoms with Crippen molar-refractivity contribution in [1.29, 1.82) is 5.41 Å². The maximum Gasteiger partial charge on any atom is 0.416 e. The molecular weight excluding hydrogens is 325 g/mol. The highest BCUT2D eigenvalue weighted by Gasteiger charge is 2.30. The molecule has 2 rings (SSSR count). The van der Waals surface area contributed by atoms with Crippen molar-refractivity contribution in [2.75, 3.05) is 0 Å². The van der Waals surface area contributed by atoms with E-state index in [0.29, 0.717) is 5.56 Å². The quantitative estimate of drug-likeness (QED) is 0.498. The molecule has 0 atom stereocenters. The highest BCUT2D eigenvalue weighted by Crippen LogP contribution is 2.29. The third-order valence-corrected chi connectivity index (χ3v) is 2.92. The number of hydrogen-bond donors (Lipinski definition) is 4. The second kappa shape index (κ2) is 7.49. The molecule has 128 valence electrons. The second-order valence-electron chi connectivity index (χ2n) is 4.74. The molecule has 0 aromatic heterocycles. The second-order valence-corrected chi connectivity index (χ2v) is 4.74. The molecule has 5 N–H and O–H groups in total. The molecule has 0 aliphatic carbocycles. The van der Waals surface area contributed by atoms with Gasteiger partial charge in [-0.25, -0.2) is 0 Å². The number of amides is 1. The molecule has 24 heavy (non-hydrogen) atoms. The third kappa shape index (κ3) is 5.01. The number of hydrogen-bond acceptors (Lipinski definition) is 4. The lowest BCUT2D eigenvalue weighted by Gasteiger charge is -2.05. The van der Waals surface area contributed by atoms with Gasteiger partial charge in [0.05, 0.1) is 5.56 Å². The van der Waals surface area contributed by atoms with Crippen molar-refractivity contribution in [2.24, 2.45) is 5.73 Å². The summed E-state index contributed by atoms with van der Waals surface area (Å²) in [4.78, 5) is 10.5. The molecular formula is C16H15F3N2O3. The third-order valence-electron chi connectivity index (χ3n) is 2.92. The summed E-state index contributed by atoms with van der Waals surface area (Å²) in [6.07, 6.45) is -4.38. The van der Waals surface area contributed by atoms with Crippen molar-refractivity contribution in [3.05, 3.63) is 59.2 Å². The van der Waals surface area contributed by atoms with Gasteiger partial charge in [0, 0.05) is 16.8 Å². The first-order valence-corrected chi connectivity index (χ1v) is 6.57. The lowest BCUT2D eigenvalue weighted by atomic mass is 10.1. The SMILES string of the molecule is CC(=N)c1cccc(O)c1O.NC(=O)c1ccc(C(F)(F)F)cc1. The number of halogens is 3. The van der Waals surface area contributed by atoms with E-state index in [1.54, 1.807) is 19.1 Å². The zero-order valence-electron chi connectivity index (χ0n) is 12.6. The lowest BCUT2D eigenvalue weighted by Crippen LogP contribution is -2.11. The number of rotatable bonds is 2. The molecule has 0 saturated carbocycles. The Labute approximate surface area is 135 Å². The summed E-state index contributed by atoms with van der Waals surface area (Å²) in [5, 5.41) is 25.4. The van der Waals surface area contributed by atoms with Crippen LogP contribution in [0.3, 0.4) is 0 Å². The average Bonchev–Trinajstić information content (AvgIpc) is 2.49. The van der Waals surface area contributed by atoms with E-state index in [2.05, 4.69) is 0 Å². The normalized spacial score (nSPS) is 10.5. The van der Waals surface area contributed by atoms with Crippen LogP contribution in [0.2, 0.25) is 0 Å². The van der Waals surface area contributed by atoms with E-state index in [9.17, 15) is 23.1 Å². The lowest BCUT2D eigenvalue weighted by molar-refractivity contribution is -0.137. The molecule has 2 aromatic rings. The first-order chi connectivity index (χ1) is 11.0. The van der Waals surface area contributed by atoms with Gasteiger partial charge in [-0.15, -0.1) is 0 Å². The Balaban J connectivity index is 0.000000243. The summed E-state index contributed by atoms with van der Waals surface area (Å²) < 4.78 is 36.0. The van der Waals surface area contributed by atoms with E-state index < -0.39 is 17.6 Å². The first kappa shape index (κ1) is 19.0. The molecule has 1 amide bonds. The topological polar surface area (TPSA) is 107 Å². The van der Waals surface area contributed by atoms with Crippen molar-refractivity contribution in [3.63, 3.8) is 0 Å². The minimum absolute atomic E-state index is 0.0630. The van der Waals surface area contributed by atoms with Gasteiger partial charge in [0.2, 0.25) is 5.91 Å². The number of nitrogens with one attached hydrogen (secondary N) is 1. The highest BCUT2D eigenvalue weighted by atomic mass is 19.4. The zero-order valence-corrected chi connectivity index (χ0v) is 12.6. The molecule has 8 heteroatoms. The Morgan fingerprint density at radius 3 is 2.00 bits per heavy atom. The number of aromatic hydroxyl groups is 2. The smallest absolute Gasteiger partial charge is 0.416 e. The van der Waals surface area contributed by atoms with Gasteiger partial charge >= 0.3 is 6.18 Å². The fourth-order valence-electron chi connectivity index (χ4n) is 1.66. The maximum atomic E-state index is 12.0. The number of carbonyl (C=O) groups excluding carboxylic acids is 1. The minimum atomic E-state index is -4.38. The molecule has 0 saturated heterocycles. The Morgan fingerprint density at radius 1 is 1.08 bits per heavy atom. The molecule has 5 nitrogen and oxygen atoms in total. The molecule has 0 aliphatic heterocycles. The predicted octanol–water partition coefficient (Wildman–Crippen LogP) is 3.29. The average molecular weight is 340 g/mol.